The fraction of sp³-hybridized carbons (Fsp3) is 0.294. The topological polar surface area (TPSA) is 3.24 Å². The van der Waals surface area contributed by atoms with Gasteiger partial charge in [0.2, 0.25) is 0 Å². The van der Waals surface area contributed by atoms with E-state index in [-0.39, 0.29) is 0 Å². The van der Waals surface area contributed by atoms with Crippen LogP contribution >= 0.6 is 23.4 Å². The molecule has 0 aliphatic carbocycles. The van der Waals surface area contributed by atoms with Crippen molar-refractivity contribution >= 4 is 23.4 Å². The highest BCUT2D eigenvalue weighted by Crippen LogP contribution is 2.38. The molecule has 0 radical (unpaired) electrons. The second kappa shape index (κ2) is 7.72. The van der Waals surface area contributed by atoms with Gasteiger partial charge >= 0.3 is 0 Å². The fourth-order valence-electron chi connectivity index (χ4n) is 2.03. The number of benzene rings is 2. The molecule has 0 aliphatic heterocycles. The highest BCUT2D eigenvalue weighted by Gasteiger charge is 2.16. The molecule has 1 atom stereocenters. The molecule has 2 rings (SSSR count). The molecule has 0 saturated heterocycles. The van der Waals surface area contributed by atoms with Crippen LogP contribution in [0, 0.1) is 0 Å². The van der Waals surface area contributed by atoms with E-state index in [0.717, 1.165) is 17.3 Å². The predicted octanol–water partition coefficient (Wildman–Crippen LogP) is 4.72. The van der Waals surface area contributed by atoms with Crippen LogP contribution in [-0.2, 0) is 0 Å². The summed E-state index contributed by atoms with van der Waals surface area (Å²) in [4.78, 5) is 2.21. The van der Waals surface area contributed by atoms with Crippen LogP contribution in [-0.4, -0.2) is 31.3 Å². The Morgan fingerprint density at radius 3 is 2.30 bits per heavy atom. The molecule has 0 unspecified atom stereocenters. The van der Waals surface area contributed by atoms with Gasteiger partial charge in [0, 0.05) is 17.3 Å². The minimum Gasteiger partial charge on any atom is -0.309 e. The largest absolute Gasteiger partial charge is 0.309 e. The first-order valence-electron chi connectivity index (χ1n) is 6.74. The van der Waals surface area contributed by atoms with Gasteiger partial charge < -0.3 is 4.90 Å². The van der Waals surface area contributed by atoms with E-state index in [2.05, 4.69) is 61.5 Å². The first-order chi connectivity index (χ1) is 9.68. The van der Waals surface area contributed by atoms with Gasteiger partial charge in [-0.15, -0.1) is 11.8 Å². The lowest BCUT2D eigenvalue weighted by Gasteiger charge is -2.20. The minimum atomic E-state index is 0.296. The van der Waals surface area contributed by atoms with Crippen LogP contribution in [0.4, 0.5) is 0 Å². The van der Waals surface area contributed by atoms with E-state index >= 15 is 0 Å². The molecule has 0 heterocycles. The summed E-state index contributed by atoms with van der Waals surface area (Å²) in [6.07, 6.45) is 0. The molecular weight excluding hydrogens is 286 g/mol. The number of hydrogen-bond donors (Lipinski definition) is 0. The lowest BCUT2D eigenvalue weighted by atomic mass is 10.0. The van der Waals surface area contributed by atoms with Crippen molar-refractivity contribution in [3.05, 3.63) is 70.7 Å². The monoisotopic (exact) mass is 305 g/mol. The van der Waals surface area contributed by atoms with Crippen molar-refractivity contribution in [3.63, 3.8) is 0 Å². The van der Waals surface area contributed by atoms with Crippen LogP contribution in [0.5, 0.6) is 0 Å². The van der Waals surface area contributed by atoms with E-state index in [1.165, 1.54) is 11.1 Å². The molecule has 2 aromatic rings. The summed E-state index contributed by atoms with van der Waals surface area (Å²) in [7, 11) is 4.21. The maximum absolute atomic E-state index is 6.39. The second-order valence-electron chi connectivity index (χ2n) is 4.99. The zero-order valence-electron chi connectivity index (χ0n) is 11.9. The van der Waals surface area contributed by atoms with E-state index in [0.29, 0.717) is 5.25 Å². The number of thioether (sulfide) groups is 1. The van der Waals surface area contributed by atoms with Gasteiger partial charge in [-0.3, -0.25) is 0 Å². The van der Waals surface area contributed by atoms with E-state index in [4.69, 9.17) is 11.6 Å². The molecule has 20 heavy (non-hydrogen) atoms. The smallest absolute Gasteiger partial charge is 0.0561 e. The number of rotatable bonds is 6. The number of nitrogens with zero attached hydrogens (tertiary/aromatic N) is 1. The SMILES string of the molecule is CN(C)CCS[C@@H](c1ccccc1)c1ccccc1Cl. The predicted molar refractivity (Wildman–Crippen MR) is 90.7 cm³/mol. The van der Waals surface area contributed by atoms with Crippen LogP contribution in [0.25, 0.3) is 0 Å². The Hall–Kier alpha value is -0.960. The summed E-state index contributed by atoms with van der Waals surface area (Å²) in [6, 6.07) is 18.7. The van der Waals surface area contributed by atoms with E-state index in [1.54, 1.807) is 0 Å². The molecule has 0 aliphatic rings. The van der Waals surface area contributed by atoms with E-state index in [9.17, 15) is 0 Å². The quantitative estimate of drug-likeness (QED) is 0.759. The van der Waals surface area contributed by atoms with Crippen LogP contribution in [0.1, 0.15) is 16.4 Å². The van der Waals surface area contributed by atoms with Gasteiger partial charge in [0.05, 0.1) is 5.25 Å². The van der Waals surface area contributed by atoms with Crippen molar-refractivity contribution in [2.45, 2.75) is 5.25 Å². The van der Waals surface area contributed by atoms with Crippen molar-refractivity contribution in [2.24, 2.45) is 0 Å². The van der Waals surface area contributed by atoms with Crippen molar-refractivity contribution < 1.29 is 0 Å². The van der Waals surface area contributed by atoms with Gasteiger partial charge in [-0.05, 0) is 31.3 Å². The lowest BCUT2D eigenvalue weighted by molar-refractivity contribution is 0.437. The second-order valence-corrected chi connectivity index (χ2v) is 6.61. The summed E-state index contributed by atoms with van der Waals surface area (Å²) in [6.45, 7) is 1.07. The first kappa shape index (κ1) is 15.4. The summed E-state index contributed by atoms with van der Waals surface area (Å²) < 4.78 is 0. The molecule has 0 amide bonds. The number of halogens is 1. The molecule has 0 aromatic heterocycles. The number of hydrogen-bond acceptors (Lipinski definition) is 2. The maximum Gasteiger partial charge on any atom is 0.0561 e. The molecule has 106 valence electrons. The maximum atomic E-state index is 6.39. The first-order valence-corrected chi connectivity index (χ1v) is 8.17. The Balaban J connectivity index is 2.23. The third-order valence-electron chi connectivity index (χ3n) is 3.11. The zero-order chi connectivity index (χ0) is 14.4. The average molecular weight is 306 g/mol. The van der Waals surface area contributed by atoms with Crippen LogP contribution in [0.3, 0.4) is 0 Å². The van der Waals surface area contributed by atoms with E-state index < -0.39 is 0 Å². The standard InChI is InChI=1S/C17H20ClNS/c1-19(2)12-13-20-17(14-8-4-3-5-9-14)15-10-6-7-11-16(15)18/h3-11,17H,12-13H2,1-2H3/t17-/m0/s1. The Kier molecular flexibility index (Phi) is 5.96. The summed E-state index contributed by atoms with van der Waals surface area (Å²) >= 11 is 8.33. The van der Waals surface area contributed by atoms with Gasteiger partial charge in [-0.2, -0.15) is 0 Å². The van der Waals surface area contributed by atoms with Crippen LogP contribution in [0.2, 0.25) is 5.02 Å². The van der Waals surface area contributed by atoms with Crippen LogP contribution in [0.15, 0.2) is 54.6 Å². The van der Waals surface area contributed by atoms with Gasteiger partial charge in [0.1, 0.15) is 0 Å². The fourth-order valence-corrected chi connectivity index (χ4v) is 3.78. The third-order valence-corrected chi connectivity index (χ3v) is 4.73. The zero-order valence-corrected chi connectivity index (χ0v) is 13.5. The Morgan fingerprint density at radius 2 is 1.65 bits per heavy atom. The Morgan fingerprint density at radius 1 is 1.00 bits per heavy atom. The molecule has 1 nitrogen and oxygen atoms in total. The summed E-state index contributed by atoms with van der Waals surface area (Å²) in [5, 5.41) is 1.14. The van der Waals surface area contributed by atoms with Gasteiger partial charge in [0.25, 0.3) is 0 Å². The summed E-state index contributed by atoms with van der Waals surface area (Å²) in [5.74, 6) is 1.08. The molecule has 3 heteroatoms. The highest BCUT2D eigenvalue weighted by molar-refractivity contribution is 7.99. The molecule has 0 saturated carbocycles. The molecular formula is C17H20ClNS. The normalized spacial score (nSPS) is 12.6. The van der Waals surface area contributed by atoms with Gasteiger partial charge in [0.15, 0.2) is 0 Å². The minimum absolute atomic E-state index is 0.296. The molecule has 0 spiro atoms. The molecule has 0 N–H and O–H groups in total. The highest BCUT2D eigenvalue weighted by atomic mass is 35.5. The van der Waals surface area contributed by atoms with Crippen molar-refractivity contribution in [3.8, 4) is 0 Å². The average Bonchev–Trinajstić information content (AvgIpc) is 2.45. The van der Waals surface area contributed by atoms with Crippen molar-refractivity contribution in [2.75, 3.05) is 26.4 Å². The molecule has 0 fully saturated rings. The Bertz CT molecular complexity index is 528. The van der Waals surface area contributed by atoms with Crippen molar-refractivity contribution in [1.29, 1.82) is 0 Å². The molecule has 0 bridgehead atoms. The summed E-state index contributed by atoms with van der Waals surface area (Å²) in [5.41, 5.74) is 2.51. The van der Waals surface area contributed by atoms with Crippen LogP contribution < -0.4 is 0 Å². The van der Waals surface area contributed by atoms with Crippen molar-refractivity contribution in [1.82, 2.24) is 4.90 Å². The lowest BCUT2D eigenvalue weighted by Crippen LogP contribution is -2.15. The Labute approximate surface area is 130 Å². The third kappa shape index (κ3) is 4.27. The van der Waals surface area contributed by atoms with Gasteiger partial charge in [-0.1, -0.05) is 60.1 Å². The van der Waals surface area contributed by atoms with Gasteiger partial charge in [-0.25, -0.2) is 0 Å². The molecule has 2 aromatic carbocycles. The van der Waals surface area contributed by atoms with E-state index in [1.807, 2.05) is 23.9 Å².